The van der Waals surface area contributed by atoms with Gasteiger partial charge in [0, 0.05) is 32.7 Å². The number of hydrogen-bond donors (Lipinski definition) is 0. The molecule has 0 fully saturated rings. The van der Waals surface area contributed by atoms with Crippen molar-refractivity contribution in [1.82, 2.24) is 9.97 Å². The maximum atomic E-state index is 6.57. The van der Waals surface area contributed by atoms with Crippen molar-refractivity contribution >= 4 is 43.7 Å². The first kappa shape index (κ1) is 18.1. The van der Waals surface area contributed by atoms with E-state index in [0.29, 0.717) is 0 Å². The van der Waals surface area contributed by atoms with E-state index >= 15 is 0 Å². The number of hydrogen-bond acceptors (Lipinski definition) is 3. The summed E-state index contributed by atoms with van der Waals surface area (Å²) < 4.78 is 6.57. The summed E-state index contributed by atoms with van der Waals surface area (Å²) in [5, 5.41) is 4.42. The molecule has 3 aromatic heterocycles. The first-order chi connectivity index (χ1) is 16.3. The van der Waals surface area contributed by atoms with Crippen LogP contribution in [0.15, 0.2) is 114 Å². The van der Waals surface area contributed by atoms with E-state index in [1.165, 1.54) is 0 Å². The van der Waals surface area contributed by atoms with Gasteiger partial charge in [-0.05, 0) is 36.4 Å². The maximum absolute atomic E-state index is 6.57. The molecule has 0 bridgehead atoms. The summed E-state index contributed by atoms with van der Waals surface area (Å²) in [7, 11) is 0. The Balaban J connectivity index is 1.48. The fourth-order valence-electron chi connectivity index (χ4n) is 4.66. The molecule has 0 aliphatic rings. The second-order valence-corrected chi connectivity index (χ2v) is 8.24. The Hall–Kier alpha value is -4.50. The molecule has 0 saturated heterocycles. The Morgan fingerprint density at radius 3 is 1.42 bits per heavy atom. The first-order valence-electron chi connectivity index (χ1n) is 11.0. The van der Waals surface area contributed by atoms with Crippen molar-refractivity contribution < 1.29 is 4.42 Å². The van der Waals surface area contributed by atoms with Gasteiger partial charge < -0.3 is 4.42 Å². The van der Waals surface area contributed by atoms with Crippen LogP contribution in [0.5, 0.6) is 0 Å². The molecule has 3 heterocycles. The first-order valence-corrected chi connectivity index (χ1v) is 11.0. The lowest BCUT2D eigenvalue weighted by atomic mass is 10.0. The van der Waals surface area contributed by atoms with Crippen LogP contribution in [0.4, 0.5) is 0 Å². The van der Waals surface area contributed by atoms with Crippen molar-refractivity contribution in [3.63, 3.8) is 0 Å². The van der Waals surface area contributed by atoms with Crippen molar-refractivity contribution in [3.05, 3.63) is 109 Å². The molecule has 7 aromatic rings. The molecule has 0 amide bonds. The summed E-state index contributed by atoms with van der Waals surface area (Å²) in [6.07, 6.45) is 0. The van der Waals surface area contributed by atoms with Gasteiger partial charge in [0.15, 0.2) is 0 Å². The number of nitrogens with zero attached hydrogens (tertiary/aromatic N) is 2. The molecule has 0 atom stereocenters. The maximum Gasteiger partial charge on any atom is 0.144 e. The van der Waals surface area contributed by atoms with Crippen LogP contribution >= 0.6 is 0 Å². The van der Waals surface area contributed by atoms with Crippen LogP contribution in [0.1, 0.15) is 0 Å². The zero-order chi connectivity index (χ0) is 21.8. The van der Waals surface area contributed by atoms with E-state index in [4.69, 9.17) is 14.4 Å². The fourth-order valence-corrected chi connectivity index (χ4v) is 4.66. The Kier molecular flexibility index (Phi) is 3.84. The number of pyridine rings is 2. The Bertz CT molecular complexity index is 1700. The van der Waals surface area contributed by atoms with Crippen LogP contribution < -0.4 is 0 Å². The molecule has 0 unspecified atom stereocenters. The molecule has 3 heteroatoms. The highest BCUT2D eigenvalue weighted by Crippen LogP contribution is 2.39. The number of fused-ring (bicyclic) bond motifs is 5. The van der Waals surface area contributed by atoms with Gasteiger partial charge in [-0.25, -0.2) is 9.97 Å². The topological polar surface area (TPSA) is 38.9 Å². The number of aromatic nitrogens is 2. The summed E-state index contributed by atoms with van der Waals surface area (Å²) in [5.41, 5.74) is 7.45. The van der Waals surface area contributed by atoms with E-state index in [1.807, 2.05) is 36.4 Å². The van der Waals surface area contributed by atoms with Gasteiger partial charge in [0.2, 0.25) is 0 Å². The van der Waals surface area contributed by atoms with Crippen LogP contribution in [0.3, 0.4) is 0 Å². The molecule has 0 radical (unpaired) electrons. The van der Waals surface area contributed by atoms with Crippen molar-refractivity contribution in [1.29, 1.82) is 0 Å². The second-order valence-electron chi connectivity index (χ2n) is 8.24. The molecule has 0 spiro atoms. The minimum absolute atomic E-state index is 0.850. The summed E-state index contributed by atoms with van der Waals surface area (Å²) in [6.45, 7) is 0. The largest absolute Gasteiger partial charge is 0.455 e. The monoisotopic (exact) mass is 422 g/mol. The predicted molar refractivity (Wildman–Crippen MR) is 135 cm³/mol. The van der Waals surface area contributed by atoms with E-state index < -0.39 is 0 Å². The standard InChI is InChI=1S/C30H18N2O/c1-3-13-25-19(7-1)15-17-27(31-25)23-11-5-9-21-22-10-6-12-24(30(22)33-29(21)23)28-18-16-20-8-2-4-14-26(20)32-28/h1-18H. The molecule has 4 aromatic carbocycles. The van der Waals surface area contributed by atoms with Gasteiger partial charge >= 0.3 is 0 Å². The average molecular weight is 422 g/mol. The van der Waals surface area contributed by atoms with E-state index in [2.05, 4.69) is 72.8 Å². The Labute approximate surface area is 190 Å². The van der Waals surface area contributed by atoms with E-state index in [-0.39, 0.29) is 0 Å². The molecule has 0 saturated carbocycles. The molecule has 3 nitrogen and oxygen atoms in total. The van der Waals surface area contributed by atoms with Gasteiger partial charge in [-0.1, -0.05) is 72.8 Å². The van der Waals surface area contributed by atoms with Gasteiger partial charge in [0.25, 0.3) is 0 Å². The summed E-state index contributed by atoms with van der Waals surface area (Å²) in [5.74, 6) is 0. The van der Waals surface area contributed by atoms with E-state index in [1.54, 1.807) is 0 Å². The van der Waals surface area contributed by atoms with Gasteiger partial charge in [-0.3, -0.25) is 0 Å². The molecule has 0 aliphatic carbocycles. The highest BCUT2D eigenvalue weighted by Gasteiger charge is 2.16. The number of furan rings is 1. The van der Waals surface area contributed by atoms with E-state index in [9.17, 15) is 0 Å². The van der Waals surface area contributed by atoms with Crippen LogP contribution in [-0.4, -0.2) is 9.97 Å². The van der Waals surface area contributed by atoms with Gasteiger partial charge in [-0.15, -0.1) is 0 Å². The highest BCUT2D eigenvalue weighted by atomic mass is 16.3. The third-order valence-corrected chi connectivity index (χ3v) is 6.27. The molecule has 0 aliphatic heterocycles. The van der Waals surface area contributed by atoms with Crippen molar-refractivity contribution in [2.75, 3.05) is 0 Å². The molecular weight excluding hydrogens is 404 g/mol. The SMILES string of the molecule is c1ccc2nc(-c3cccc4c3oc3c(-c5ccc6ccccc6n5)cccc34)ccc2c1. The highest BCUT2D eigenvalue weighted by molar-refractivity contribution is 6.12. The minimum atomic E-state index is 0.850. The van der Waals surface area contributed by atoms with Crippen LogP contribution in [0, 0.1) is 0 Å². The number of benzene rings is 4. The van der Waals surface area contributed by atoms with Crippen molar-refractivity contribution in [2.24, 2.45) is 0 Å². The molecule has 0 N–H and O–H groups in total. The minimum Gasteiger partial charge on any atom is -0.455 e. The lowest BCUT2D eigenvalue weighted by Crippen LogP contribution is -1.85. The predicted octanol–water partition coefficient (Wildman–Crippen LogP) is 8.02. The van der Waals surface area contributed by atoms with Gasteiger partial charge in [0.05, 0.1) is 22.4 Å². The number of para-hydroxylation sites is 4. The lowest BCUT2D eigenvalue weighted by Gasteiger charge is -2.04. The van der Waals surface area contributed by atoms with Gasteiger partial charge in [0.1, 0.15) is 11.2 Å². The number of rotatable bonds is 2. The summed E-state index contributed by atoms with van der Waals surface area (Å²) in [6, 6.07) is 37.2. The van der Waals surface area contributed by atoms with Crippen molar-refractivity contribution in [2.45, 2.75) is 0 Å². The molecule has 7 rings (SSSR count). The Morgan fingerprint density at radius 2 is 0.909 bits per heavy atom. The van der Waals surface area contributed by atoms with E-state index in [0.717, 1.165) is 66.3 Å². The quantitative estimate of drug-likeness (QED) is 0.283. The Morgan fingerprint density at radius 1 is 0.424 bits per heavy atom. The third-order valence-electron chi connectivity index (χ3n) is 6.27. The second kappa shape index (κ2) is 7.01. The van der Waals surface area contributed by atoms with Gasteiger partial charge in [-0.2, -0.15) is 0 Å². The molecular formula is C30H18N2O. The van der Waals surface area contributed by atoms with Crippen LogP contribution in [0.25, 0.3) is 66.3 Å². The zero-order valence-corrected chi connectivity index (χ0v) is 17.7. The molecule has 33 heavy (non-hydrogen) atoms. The molecule has 154 valence electrons. The lowest BCUT2D eigenvalue weighted by molar-refractivity contribution is 0.670. The summed E-state index contributed by atoms with van der Waals surface area (Å²) in [4.78, 5) is 9.82. The van der Waals surface area contributed by atoms with Crippen LogP contribution in [0.2, 0.25) is 0 Å². The zero-order valence-electron chi connectivity index (χ0n) is 17.7. The van der Waals surface area contributed by atoms with Crippen molar-refractivity contribution in [3.8, 4) is 22.5 Å². The smallest absolute Gasteiger partial charge is 0.144 e. The normalized spacial score (nSPS) is 11.6. The fraction of sp³-hybridized carbons (Fsp3) is 0. The van der Waals surface area contributed by atoms with Crippen LogP contribution in [-0.2, 0) is 0 Å². The average Bonchev–Trinajstić information content (AvgIpc) is 3.27. The summed E-state index contributed by atoms with van der Waals surface area (Å²) >= 11 is 0. The third kappa shape index (κ3) is 2.83.